The number of amides is 1. The number of hydrogen-bond donors (Lipinski definition) is 2. The quantitative estimate of drug-likeness (QED) is 0.411. The minimum atomic E-state index is -0.402. The van der Waals surface area contributed by atoms with Gasteiger partial charge in [0.1, 0.15) is 17.2 Å². The molecule has 8 nitrogen and oxygen atoms in total. The highest BCUT2D eigenvalue weighted by molar-refractivity contribution is 6.31. The Bertz CT molecular complexity index is 1080. The number of aromatic nitrogens is 1. The number of pyridine rings is 1. The lowest BCUT2D eigenvalue weighted by atomic mass is 10.2. The van der Waals surface area contributed by atoms with Crippen molar-refractivity contribution in [3.05, 3.63) is 77.1 Å². The minimum absolute atomic E-state index is 0.209. The molecule has 166 valence electrons. The van der Waals surface area contributed by atoms with Crippen molar-refractivity contribution in [2.24, 2.45) is 4.99 Å². The van der Waals surface area contributed by atoms with Gasteiger partial charge < -0.3 is 19.5 Å². The number of aliphatic imine (C=N–C) groups is 1. The monoisotopic (exact) mass is 454 g/mol. The van der Waals surface area contributed by atoms with E-state index in [9.17, 15) is 4.79 Å². The summed E-state index contributed by atoms with van der Waals surface area (Å²) in [6.07, 6.45) is 3.39. The molecule has 32 heavy (non-hydrogen) atoms. The van der Waals surface area contributed by atoms with E-state index in [2.05, 4.69) is 20.6 Å². The van der Waals surface area contributed by atoms with Gasteiger partial charge in [0.2, 0.25) is 5.96 Å². The molecule has 0 bridgehead atoms. The van der Waals surface area contributed by atoms with Crippen LogP contribution >= 0.6 is 11.6 Å². The third kappa shape index (κ3) is 6.12. The number of ether oxygens (including phenoxy) is 3. The molecule has 0 unspecified atom stereocenters. The van der Waals surface area contributed by atoms with Crippen LogP contribution in [0.15, 0.2) is 65.9 Å². The maximum Gasteiger partial charge on any atom is 0.258 e. The van der Waals surface area contributed by atoms with Gasteiger partial charge in [-0.25, -0.2) is 4.99 Å². The Labute approximate surface area is 191 Å². The number of hydrogen-bond acceptors (Lipinski definition) is 6. The number of guanidine groups is 1. The summed E-state index contributed by atoms with van der Waals surface area (Å²) in [5, 5.41) is 6.39. The highest BCUT2D eigenvalue weighted by Gasteiger charge is 2.14. The third-order valence-corrected chi connectivity index (χ3v) is 4.64. The van der Waals surface area contributed by atoms with Crippen LogP contribution in [0.25, 0.3) is 0 Å². The van der Waals surface area contributed by atoms with E-state index in [-0.39, 0.29) is 5.96 Å². The van der Waals surface area contributed by atoms with Crippen LogP contribution in [0.5, 0.6) is 17.2 Å². The summed E-state index contributed by atoms with van der Waals surface area (Å²) in [4.78, 5) is 21.6. The molecular formula is C23H23ClN4O4. The third-order valence-electron chi connectivity index (χ3n) is 4.40. The van der Waals surface area contributed by atoms with E-state index < -0.39 is 5.91 Å². The highest BCUT2D eigenvalue weighted by Crippen LogP contribution is 2.28. The molecule has 9 heteroatoms. The molecule has 0 aliphatic rings. The summed E-state index contributed by atoms with van der Waals surface area (Å²) < 4.78 is 15.9. The van der Waals surface area contributed by atoms with Crippen molar-refractivity contribution in [2.75, 3.05) is 26.6 Å². The lowest BCUT2D eigenvalue weighted by Crippen LogP contribution is -2.36. The van der Waals surface area contributed by atoms with Crippen LogP contribution in [0.3, 0.4) is 0 Å². The zero-order valence-corrected chi connectivity index (χ0v) is 18.6. The van der Waals surface area contributed by atoms with Gasteiger partial charge in [-0.3, -0.25) is 15.1 Å². The molecule has 1 heterocycles. The fourth-order valence-electron chi connectivity index (χ4n) is 2.80. The van der Waals surface area contributed by atoms with Gasteiger partial charge >= 0.3 is 0 Å². The van der Waals surface area contributed by atoms with E-state index in [1.54, 1.807) is 55.9 Å². The second kappa shape index (κ2) is 11.0. The number of anilines is 1. The van der Waals surface area contributed by atoms with Crippen molar-refractivity contribution in [3.63, 3.8) is 0 Å². The van der Waals surface area contributed by atoms with E-state index in [1.165, 1.54) is 14.2 Å². The van der Waals surface area contributed by atoms with E-state index in [4.69, 9.17) is 25.8 Å². The molecule has 0 spiro atoms. The largest absolute Gasteiger partial charge is 0.497 e. The average Bonchev–Trinajstić information content (AvgIpc) is 2.82. The SMILES string of the molecule is COc1cc(OC)cc(C(=O)NC(=NCc2cccnc2)Nc2cc(Cl)ccc2OC)c1. The van der Waals surface area contributed by atoms with Crippen molar-refractivity contribution in [3.8, 4) is 17.2 Å². The highest BCUT2D eigenvalue weighted by atomic mass is 35.5. The number of nitrogens with zero attached hydrogens (tertiary/aromatic N) is 2. The minimum Gasteiger partial charge on any atom is -0.497 e. The normalized spacial score (nSPS) is 10.9. The van der Waals surface area contributed by atoms with E-state index in [1.807, 2.05) is 12.1 Å². The fourth-order valence-corrected chi connectivity index (χ4v) is 2.97. The second-order valence-electron chi connectivity index (χ2n) is 6.55. The average molecular weight is 455 g/mol. The Balaban J connectivity index is 1.90. The Kier molecular flexibility index (Phi) is 7.88. The summed E-state index contributed by atoms with van der Waals surface area (Å²) >= 11 is 6.14. The van der Waals surface area contributed by atoms with Gasteiger partial charge in [0.05, 0.1) is 33.6 Å². The standard InChI is InChI=1S/C23H23ClN4O4/c1-30-18-9-16(10-19(12-18)31-2)22(29)28-23(26-14-15-5-4-8-25-13-15)27-20-11-17(24)6-7-21(20)32-3/h4-13H,14H2,1-3H3,(H2,26,27,28,29). The first-order valence-corrected chi connectivity index (χ1v) is 9.98. The van der Waals surface area contributed by atoms with Gasteiger partial charge in [-0.2, -0.15) is 0 Å². The Morgan fingerprint density at radius 2 is 1.78 bits per heavy atom. The lowest BCUT2D eigenvalue weighted by molar-refractivity contribution is 0.0976. The van der Waals surface area contributed by atoms with Crippen LogP contribution < -0.4 is 24.8 Å². The topological polar surface area (TPSA) is 94.1 Å². The van der Waals surface area contributed by atoms with Gasteiger partial charge in [0.25, 0.3) is 5.91 Å². The molecule has 2 aromatic carbocycles. The fraction of sp³-hybridized carbons (Fsp3) is 0.174. The molecule has 0 atom stereocenters. The van der Waals surface area contributed by atoms with E-state index in [0.717, 1.165) is 5.56 Å². The first-order chi connectivity index (χ1) is 15.5. The number of halogens is 1. The Hall–Kier alpha value is -3.78. The van der Waals surface area contributed by atoms with Crippen molar-refractivity contribution in [1.29, 1.82) is 0 Å². The summed E-state index contributed by atoms with van der Waals surface area (Å²) in [5.74, 6) is 1.34. The second-order valence-corrected chi connectivity index (χ2v) is 6.99. The van der Waals surface area contributed by atoms with Crippen molar-refractivity contribution >= 4 is 29.2 Å². The van der Waals surface area contributed by atoms with Crippen LogP contribution in [0.1, 0.15) is 15.9 Å². The molecule has 0 aliphatic carbocycles. The Morgan fingerprint density at radius 3 is 2.41 bits per heavy atom. The number of nitrogens with one attached hydrogen (secondary N) is 2. The van der Waals surface area contributed by atoms with Gasteiger partial charge in [-0.15, -0.1) is 0 Å². The van der Waals surface area contributed by atoms with Gasteiger partial charge in [0, 0.05) is 29.0 Å². The molecule has 0 saturated heterocycles. The van der Waals surface area contributed by atoms with E-state index in [0.29, 0.717) is 40.1 Å². The van der Waals surface area contributed by atoms with Crippen LogP contribution in [-0.2, 0) is 6.54 Å². The number of benzene rings is 2. The summed E-state index contributed by atoms with van der Waals surface area (Å²) in [6, 6.07) is 13.7. The first kappa shape index (κ1) is 22.9. The maximum atomic E-state index is 13.0. The number of methoxy groups -OCH3 is 3. The molecule has 1 aromatic heterocycles. The number of carbonyl (C=O) groups excluding carboxylic acids is 1. The predicted octanol–water partition coefficient (Wildman–Crippen LogP) is 4.16. The molecule has 3 aromatic rings. The Morgan fingerprint density at radius 1 is 1.03 bits per heavy atom. The molecular weight excluding hydrogens is 432 g/mol. The maximum absolute atomic E-state index is 13.0. The summed E-state index contributed by atoms with van der Waals surface area (Å²) in [7, 11) is 4.58. The molecule has 0 aliphatic heterocycles. The van der Waals surface area contributed by atoms with Crippen LogP contribution in [0.4, 0.5) is 5.69 Å². The molecule has 2 N–H and O–H groups in total. The van der Waals surface area contributed by atoms with Crippen LogP contribution in [0, 0.1) is 0 Å². The van der Waals surface area contributed by atoms with Gasteiger partial charge in [0.15, 0.2) is 0 Å². The predicted molar refractivity (Wildman–Crippen MR) is 124 cm³/mol. The van der Waals surface area contributed by atoms with Crippen molar-refractivity contribution in [1.82, 2.24) is 10.3 Å². The van der Waals surface area contributed by atoms with Gasteiger partial charge in [-0.05, 0) is 42.0 Å². The number of carbonyl (C=O) groups is 1. The van der Waals surface area contributed by atoms with Crippen molar-refractivity contribution in [2.45, 2.75) is 6.54 Å². The first-order valence-electron chi connectivity index (χ1n) is 9.60. The van der Waals surface area contributed by atoms with Gasteiger partial charge in [-0.1, -0.05) is 17.7 Å². The molecule has 0 saturated carbocycles. The zero-order valence-electron chi connectivity index (χ0n) is 17.9. The smallest absolute Gasteiger partial charge is 0.258 e. The lowest BCUT2D eigenvalue weighted by Gasteiger charge is -2.15. The van der Waals surface area contributed by atoms with Crippen molar-refractivity contribution < 1.29 is 19.0 Å². The van der Waals surface area contributed by atoms with E-state index >= 15 is 0 Å². The summed E-state index contributed by atoms with van der Waals surface area (Å²) in [5.41, 5.74) is 1.77. The molecule has 0 fully saturated rings. The number of rotatable bonds is 7. The van der Waals surface area contributed by atoms with Crippen LogP contribution in [0.2, 0.25) is 5.02 Å². The molecule has 3 rings (SSSR count). The van der Waals surface area contributed by atoms with Crippen LogP contribution in [-0.4, -0.2) is 38.2 Å². The summed E-state index contributed by atoms with van der Waals surface area (Å²) in [6.45, 7) is 0.292. The molecule has 0 radical (unpaired) electrons. The molecule has 1 amide bonds. The zero-order chi connectivity index (χ0) is 22.9.